The minimum absolute atomic E-state index is 0.465. The van der Waals surface area contributed by atoms with Gasteiger partial charge in [0.15, 0.2) is 0 Å². The third-order valence-corrected chi connectivity index (χ3v) is 3.04. The summed E-state index contributed by atoms with van der Waals surface area (Å²) in [5.74, 6) is 0. The summed E-state index contributed by atoms with van der Waals surface area (Å²) in [5.41, 5.74) is 8.53. The quantitative estimate of drug-likeness (QED) is 0.774. The van der Waals surface area contributed by atoms with Gasteiger partial charge in [-0.3, -0.25) is 0 Å². The van der Waals surface area contributed by atoms with Crippen molar-refractivity contribution < 1.29 is 0 Å². The lowest BCUT2D eigenvalue weighted by atomic mass is 10.1. The highest BCUT2D eigenvalue weighted by Gasteiger charge is 2.11. The molecule has 0 radical (unpaired) electrons. The first-order chi connectivity index (χ1) is 6.65. The van der Waals surface area contributed by atoms with E-state index in [4.69, 9.17) is 28.9 Å². The standard InChI is InChI=1S/C10H10Cl2N2/c1-5-8(4-13)14-10-7(12)3-2-6(11)9(5)10/h2-3,14H,4,13H2,1H3. The van der Waals surface area contributed by atoms with Gasteiger partial charge in [0.1, 0.15) is 0 Å². The molecule has 0 saturated carbocycles. The number of benzene rings is 1. The van der Waals surface area contributed by atoms with Crippen LogP contribution in [0.1, 0.15) is 11.3 Å². The van der Waals surface area contributed by atoms with Gasteiger partial charge in [-0.1, -0.05) is 23.2 Å². The van der Waals surface area contributed by atoms with Crippen LogP contribution in [0, 0.1) is 6.92 Å². The summed E-state index contributed by atoms with van der Waals surface area (Å²) in [5, 5.41) is 2.35. The number of rotatable bonds is 1. The maximum absolute atomic E-state index is 6.09. The summed E-state index contributed by atoms with van der Waals surface area (Å²) in [4.78, 5) is 3.18. The van der Waals surface area contributed by atoms with E-state index >= 15 is 0 Å². The molecule has 1 heterocycles. The number of fused-ring (bicyclic) bond motifs is 1. The van der Waals surface area contributed by atoms with Crippen LogP contribution in [0.3, 0.4) is 0 Å². The molecule has 2 aromatic rings. The Morgan fingerprint density at radius 3 is 2.50 bits per heavy atom. The monoisotopic (exact) mass is 228 g/mol. The van der Waals surface area contributed by atoms with Crippen LogP contribution in [0.5, 0.6) is 0 Å². The molecule has 2 nitrogen and oxygen atoms in total. The average Bonchev–Trinajstić information content (AvgIpc) is 2.51. The molecule has 0 spiro atoms. The number of hydrogen-bond donors (Lipinski definition) is 2. The van der Waals surface area contributed by atoms with Crippen molar-refractivity contribution in [3.63, 3.8) is 0 Å². The maximum atomic E-state index is 6.09. The normalized spacial score (nSPS) is 11.1. The zero-order chi connectivity index (χ0) is 10.3. The van der Waals surface area contributed by atoms with Crippen LogP contribution >= 0.6 is 23.2 Å². The van der Waals surface area contributed by atoms with Crippen LogP contribution in [-0.4, -0.2) is 4.98 Å². The lowest BCUT2D eigenvalue weighted by Gasteiger charge is -1.97. The molecule has 0 saturated heterocycles. The molecule has 0 aliphatic rings. The zero-order valence-electron chi connectivity index (χ0n) is 7.70. The first-order valence-electron chi connectivity index (χ1n) is 4.30. The van der Waals surface area contributed by atoms with Gasteiger partial charge in [-0.25, -0.2) is 0 Å². The second-order valence-electron chi connectivity index (χ2n) is 3.21. The van der Waals surface area contributed by atoms with Gasteiger partial charge in [-0.2, -0.15) is 0 Å². The highest BCUT2D eigenvalue weighted by atomic mass is 35.5. The number of nitrogens with one attached hydrogen (secondary N) is 1. The van der Waals surface area contributed by atoms with Crippen LogP contribution < -0.4 is 5.73 Å². The maximum Gasteiger partial charge on any atom is 0.0663 e. The molecular weight excluding hydrogens is 219 g/mol. The molecule has 2 rings (SSSR count). The summed E-state index contributed by atoms with van der Waals surface area (Å²) in [7, 11) is 0. The van der Waals surface area contributed by atoms with Crippen molar-refractivity contribution in [1.29, 1.82) is 0 Å². The number of aryl methyl sites for hydroxylation is 1. The van der Waals surface area contributed by atoms with Crippen molar-refractivity contribution in [3.8, 4) is 0 Å². The highest BCUT2D eigenvalue weighted by Crippen LogP contribution is 2.33. The summed E-state index contributed by atoms with van der Waals surface area (Å²) in [6.07, 6.45) is 0. The molecule has 3 N–H and O–H groups in total. The van der Waals surface area contributed by atoms with Crippen molar-refractivity contribution in [3.05, 3.63) is 33.4 Å². The van der Waals surface area contributed by atoms with Crippen LogP contribution in [0.15, 0.2) is 12.1 Å². The second kappa shape index (κ2) is 3.46. The van der Waals surface area contributed by atoms with E-state index < -0.39 is 0 Å². The average molecular weight is 229 g/mol. The van der Waals surface area contributed by atoms with Crippen LogP contribution in [0.25, 0.3) is 10.9 Å². The smallest absolute Gasteiger partial charge is 0.0663 e. The van der Waals surface area contributed by atoms with E-state index in [1.54, 1.807) is 12.1 Å². The van der Waals surface area contributed by atoms with Crippen LogP contribution in [-0.2, 0) is 6.54 Å². The van der Waals surface area contributed by atoms with Gasteiger partial charge in [0.2, 0.25) is 0 Å². The van der Waals surface area contributed by atoms with Gasteiger partial charge in [0.05, 0.1) is 15.6 Å². The second-order valence-corrected chi connectivity index (χ2v) is 4.03. The highest BCUT2D eigenvalue weighted by molar-refractivity contribution is 6.40. The molecule has 14 heavy (non-hydrogen) atoms. The van der Waals surface area contributed by atoms with Gasteiger partial charge >= 0.3 is 0 Å². The molecule has 74 valence electrons. The van der Waals surface area contributed by atoms with Crippen LogP contribution in [0.2, 0.25) is 10.0 Å². The Morgan fingerprint density at radius 1 is 1.29 bits per heavy atom. The Morgan fingerprint density at radius 2 is 1.93 bits per heavy atom. The van der Waals surface area contributed by atoms with E-state index in [-0.39, 0.29) is 0 Å². The largest absolute Gasteiger partial charge is 0.356 e. The first-order valence-corrected chi connectivity index (χ1v) is 5.06. The number of H-pyrrole nitrogens is 1. The fourth-order valence-corrected chi connectivity index (χ4v) is 2.14. The Balaban J connectivity index is 2.90. The summed E-state index contributed by atoms with van der Waals surface area (Å²) >= 11 is 12.1. The van der Waals surface area contributed by atoms with Crippen molar-refractivity contribution in [1.82, 2.24) is 4.98 Å². The predicted octanol–water partition coefficient (Wildman–Crippen LogP) is 3.24. The molecule has 1 aromatic heterocycles. The number of hydrogen-bond acceptors (Lipinski definition) is 1. The molecule has 0 bridgehead atoms. The first kappa shape index (κ1) is 9.84. The summed E-state index contributed by atoms with van der Waals surface area (Å²) < 4.78 is 0. The van der Waals surface area contributed by atoms with Crippen LogP contribution in [0.4, 0.5) is 0 Å². The van der Waals surface area contributed by atoms with Gasteiger partial charge in [0, 0.05) is 17.6 Å². The van der Waals surface area contributed by atoms with Crippen molar-refractivity contribution >= 4 is 34.1 Å². The number of aromatic nitrogens is 1. The molecule has 0 amide bonds. The van der Waals surface area contributed by atoms with E-state index in [1.165, 1.54) is 0 Å². The van der Waals surface area contributed by atoms with E-state index in [2.05, 4.69) is 4.98 Å². The minimum Gasteiger partial charge on any atom is -0.356 e. The SMILES string of the molecule is Cc1c(CN)[nH]c2c(Cl)ccc(Cl)c12. The van der Waals surface area contributed by atoms with Gasteiger partial charge in [0.25, 0.3) is 0 Å². The molecule has 0 aliphatic heterocycles. The molecule has 0 unspecified atom stereocenters. The van der Waals surface area contributed by atoms with E-state index in [9.17, 15) is 0 Å². The Kier molecular flexibility index (Phi) is 2.43. The lowest BCUT2D eigenvalue weighted by Crippen LogP contribution is -1.97. The Bertz CT molecular complexity index is 488. The molecule has 0 aliphatic carbocycles. The van der Waals surface area contributed by atoms with E-state index in [0.717, 1.165) is 22.2 Å². The molecule has 0 fully saturated rings. The summed E-state index contributed by atoms with van der Waals surface area (Å²) in [6.45, 7) is 2.45. The molecule has 0 atom stereocenters. The zero-order valence-corrected chi connectivity index (χ0v) is 9.21. The number of halogens is 2. The third-order valence-electron chi connectivity index (χ3n) is 2.41. The van der Waals surface area contributed by atoms with Crippen molar-refractivity contribution in [2.75, 3.05) is 0 Å². The number of aromatic amines is 1. The van der Waals surface area contributed by atoms with E-state index in [1.807, 2.05) is 6.92 Å². The Labute approximate surface area is 92.0 Å². The topological polar surface area (TPSA) is 41.8 Å². The minimum atomic E-state index is 0.465. The van der Waals surface area contributed by atoms with Crippen molar-refractivity contribution in [2.24, 2.45) is 5.73 Å². The van der Waals surface area contributed by atoms with E-state index in [0.29, 0.717) is 16.6 Å². The third kappa shape index (κ3) is 1.31. The molecule has 1 aromatic carbocycles. The number of nitrogens with two attached hydrogens (primary N) is 1. The van der Waals surface area contributed by atoms with Gasteiger partial charge < -0.3 is 10.7 Å². The lowest BCUT2D eigenvalue weighted by molar-refractivity contribution is 1.00. The van der Waals surface area contributed by atoms with Crippen molar-refractivity contribution in [2.45, 2.75) is 13.5 Å². The molecular formula is C10H10Cl2N2. The summed E-state index contributed by atoms with van der Waals surface area (Å²) in [6, 6.07) is 3.58. The van der Waals surface area contributed by atoms with Gasteiger partial charge in [-0.15, -0.1) is 0 Å². The Hall–Kier alpha value is -0.700. The fourth-order valence-electron chi connectivity index (χ4n) is 1.64. The fraction of sp³-hybridized carbons (Fsp3) is 0.200. The predicted molar refractivity (Wildman–Crippen MR) is 60.9 cm³/mol. The molecule has 4 heteroatoms. The van der Waals surface area contributed by atoms with Gasteiger partial charge in [-0.05, 0) is 24.6 Å².